The van der Waals surface area contributed by atoms with Crippen LogP contribution >= 0.6 is 23.2 Å². The van der Waals surface area contributed by atoms with Gasteiger partial charge < -0.3 is 25.2 Å². The molecule has 1 fully saturated rings. The lowest BCUT2D eigenvalue weighted by molar-refractivity contribution is 0.0901. The maximum Gasteiger partial charge on any atom is 0.279 e. The monoisotopic (exact) mass is 637 g/mol. The number of carbonyl (C=O) groups is 1. The van der Waals surface area contributed by atoms with Crippen LogP contribution in [0.1, 0.15) is 41.6 Å². The molecule has 1 saturated carbocycles. The van der Waals surface area contributed by atoms with E-state index in [-0.39, 0.29) is 28.6 Å². The van der Waals surface area contributed by atoms with E-state index in [2.05, 4.69) is 15.7 Å². The molecule has 2 aromatic heterocycles. The molecule has 2 aromatic carbocycles. The van der Waals surface area contributed by atoms with E-state index in [0.717, 1.165) is 35.9 Å². The standard InChI is InChI=1S/C32H33Cl2N5O5/c1-39-32(42)22(16-27(38-39)43-2)30(41)36-25-12-7-9-20(29(25)34)19-8-6-10-21(28(19)33)23-15-14-18(31(37-23)44-3)17-35-24-11-4-5-13-26(24)40/h6-10,12,14-16,24,26,35,40H,4-5,11,13,17H2,1-3H3,(H,36,41)/t24-,26+/m1/s1. The van der Waals surface area contributed by atoms with Gasteiger partial charge in [-0.2, -0.15) is 0 Å². The van der Waals surface area contributed by atoms with E-state index in [1.807, 2.05) is 30.3 Å². The molecule has 230 valence electrons. The van der Waals surface area contributed by atoms with Crippen LogP contribution in [0.5, 0.6) is 11.8 Å². The van der Waals surface area contributed by atoms with Gasteiger partial charge in [0, 0.05) is 48.0 Å². The lowest BCUT2D eigenvalue weighted by Gasteiger charge is -2.28. The van der Waals surface area contributed by atoms with Gasteiger partial charge in [-0.1, -0.05) is 72.4 Å². The summed E-state index contributed by atoms with van der Waals surface area (Å²) in [4.78, 5) is 30.4. The average molecular weight is 639 g/mol. The summed E-state index contributed by atoms with van der Waals surface area (Å²) in [5, 5.41) is 21.1. The van der Waals surface area contributed by atoms with E-state index in [1.165, 1.54) is 20.2 Å². The number of pyridine rings is 1. The largest absolute Gasteiger partial charge is 0.481 e. The second-order valence-electron chi connectivity index (χ2n) is 10.5. The first-order valence-corrected chi connectivity index (χ1v) is 14.9. The number of hydrogen-bond donors (Lipinski definition) is 3. The van der Waals surface area contributed by atoms with Crippen LogP contribution in [0.25, 0.3) is 22.4 Å². The fourth-order valence-electron chi connectivity index (χ4n) is 5.33. The van der Waals surface area contributed by atoms with Gasteiger partial charge in [-0.05, 0) is 25.0 Å². The van der Waals surface area contributed by atoms with Crippen LogP contribution in [0.2, 0.25) is 10.0 Å². The summed E-state index contributed by atoms with van der Waals surface area (Å²) in [6, 6.07) is 15.8. The molecule has 0 aliphatic heterocycles. The molecule has 2 atom stereocenters. The Balaban J connectivity index is 1.41. The maximum atomic E-state index is 13.1. The fourth-order valence-corrected chi connectivity index (χ4v) is 5.93. The predicted octanol–water partition coefficient (Wildman–Crippen LogP) is 5.48. The van der Waals surface area contributed by atoms with Crippen LogP contribution in [-0.4, -0.2) is 52.1 Å². The highest BCUT2D eigenvalue weighted by molar-refractivity contribution is 6.39. The Morgan fingerprint density at radius 3 is 2.43 bits per heavy atom. The van der Waals surface area contributed by atoms with Crippen molar-refractivity contribution in [2.45, 2.75) is 44.4 Å². The van der Waals surface area contributed by atoms with Crippen LogP contribution in [-0.2, 0) is 13.6 Å². The summed E-state index contributed by atoms with van der Waals surface area (Å²) in [6.07, 6.45) is 3.53. The van der Waals surface area contributed by atoms with Gasteiger partial charge in [0.2, 0.25) is 11.8 Å². The first kappa shape index (κ1) is 31.5. The minimum absolute atomic E-state index is 0.0439. The van der Waals surface area contributed by atoms with Crippen molar-refractivity contribution in [3.8, 4) is 34.1 Å². The number of halogens is 2. The highest BCUT2D eigenvalue weighted by Crippen LogP contribution is 2.41. The summed E-state index contributed by atoms with van der Waals surface area (Å²) in [5.41, 5.74) is 2.93. The van der Waals surface area contributed by atoms with Crippen LogP contribution in [0, 0.1) is 0 Å². The molecule has 3 N–H and O–H groups in total. The Labute approximate surface area is 264 Å². The molecule has 1 amide bonds. The molecule has 4 aromatic rings. The van der Waals surface area contributed by atoms with Gasteiger partial charge in [-0.15, -0.1) is 5.10 Å². The normalized spacial score (nSPS) is 16.4. The zero-order valence-electron chi connectivity index (χ0n) is 24.6. The maximum absolute atomic E-state index is 13.1. The second kappa shape index (κ2) is 13.8. The fraction of sp³-hybridized carbons (Fsp3) is 0.312. The smallest absolute Gasteiger partial charge is 0.279 e. The molecular weight excluding hydrogens is 605 g/mol. The zero-order chi connectivity index (χ0) is 31.4. The van der Waals surface area contributed by atoms with E-state index in [1.54, 1.807) is 25.3 Å². The van der Waals surface area contributed by atoms with Gasteiger partial charge in [-0.25, -0.2) is 9.67 Å². The van der Waals surface area contributed by atoms with Crippen molar-refractivity contribution in [2.75, 3.05) is 19.5 Å². The number of aromatic nitrogens is 3. The summed E-state index contributed by atoms with van der Waals surface area (Å²) in [5.74, 6) is -0.0734. The van der Waals surface area contributed by atoms with Crippen molar-refractivity contribution in [3.05, 3.63) is 86.1 Å². The number of aryl methyl sites for hydroxylation is 1. The Hall–Kier alpha value is -3.96. The number of methoxy groups -OCH3 is 2. The molecule has 0 unspecified atom stereocenters. The molecule has 0 spiro atoms. The van der Waals surface area contributed by atoms with Crippen molar-refractivity contribution in [3.63, 3.8) is 0 Å². The summed E-state index contributed by atoms with van der Waals surface area (Å²) >= 11 is 13.8. The van der Waals surface area contributed by atoms with Gasteiger partial charge in [0.25, 0.3) is 11.5 Å². The minimum Gasteiger partial charge on any atom is -0.481 e. The lowest BCUT2D eigenvalue weighted by Crippen LogP contribution is -2.41. The number of aliphatic hydroxyl groups excluding tert-OH is 1. The Morgan fingerprint density at radius 1 is 1.00 bits per heavy atom. The molecule has 12 heteroatoms. The number of benzene rings is 2. The van der Waals surface area contributed by atoms with Gasteiger partial charge in [0.15, 0.2) is 0 Å². The summed E-state index contributed by atoms with van der Waals surface area (Å²) in [7, 11) is 4.40. The van der Waals surface area contributed by atoms with E-state index >= 15 is 0 Å². The SMILES string of the molecule is COc1cc(C(=O)Nc2cccc(-c3cccc(-c4ccc(CN[C@@H]5CCCC[C@@H]5O)c(OC)n4)c3Cl)c2Cl)c(=O)n(C)n1. The molecule has 44 heavy (non-hydrogen) atoms. The van der Waals surface area contributed by atoms with Crippen molar-refractivity contribution < 1.29 is 19.4 Å². The molecule has 1 aliphatic carbocycles. The molecule has 0 bridgehead atoms. The van der Waals surface area contributed by atoms with E-state index < -0.39 is 11.5 Å². The van der Waals surface area contributed by atoms with E-state index in [0.29, 0.717) is 45.5 Å². The highest BCUT2D eigenvalue weighted by atomic mass is 35.5. The number of carbonyl (C=O) groups excluding carboxylic acids is 1. The first-order valence-electron chi connectivity index (χ1n) is 14.2. The first-order chi connectivity index (χ1) is 21.2. The molecule has 10 nitrogen and oxygen atoms in total. The Kier molecular flexibility index (Phi) is 9.85. The molecular formula is C32H33Cl2N5O5. The van der Waals surface area contributed by atoms with E-state index in [4.69, 9.17) is 37.7 Å². The van der Waals surface area contributed by atoms with Gasteiger partial charge >= 0.3 is 0 Å². The number of rotatable bonds is 9. The van der Waals surface area contributed by atoms with Gasteiger partial charge in [-0.3, -0.25) is 9.59 Å². The summed E-state index contributed by atoms with van der Waals surface area (Å²) in [6.45, 7) is 0.512. The quantitative estimate of drug-likeness (QED) is 0.220. The van der Waals surface area contributed by atoms with Crippen LogP contribution < -0.4 is 25.7 Å². The third kappa shape index (κ3) is 6.58. The molecule has 0 saturated heterocycles. The van der Waals surface area contributed by atoms with Crippen molar-refractivity contribution in [1.82, 2.24) is 20.1 Å². The van der Waals surface area contributed by atoms with Gasteiger partial charge in [0.05, 0.1) is 41.8 Å². The molecule has 1 aliphatic rings. The second-order valence-corrected chi connectivity index (χ2v) is 11.3. The summed E-state index contributed by atoms with van der Waals surface area (Å²) < 4.78 is 11.7. The Morgan fingerprint density at radius 2 is 1.70 bits per heavy atom. The molecule has 5 rings (SSSR count). The molecule has 2 heterocycles. The third-order valence-electron chi connectivity index (χ3n) is 7.72. The van der Waals surface area contributed by atoms with Crippen LogP contribution in [0.4, 0.5) is 5.69 Å². The number of hydrogen-bond acceptors (Lipinski definition) is 8. The zero-order valence-corrected chi connectivity index (χ0v) is 26.1. The predicted molar refractivity (Wildman–Crippen MR) is 171 cm³/mol. The number of nitrogens with zero attached hydrogens (tertiary/aromatic N) is 3. The number of nitrogens with one attached hydrogen (secondary N) is 2. The minimum atomic E-state index is -0.658. The number of ether oxygens (including phenoxy) is 2. The van der Waals surface area contributed by atoms with Crippen molar-refractivity contribution >= 4 is 34.8 Å². The Bertz CT molecular complexity index is 1750. The van der Waals surface area contributed by atoms with Crippen LogP contribution in [0.3, 0.4) is 0 Å². The number of anilines is 1. The van der Waals surface area contributed by atoms with Crippen molar-refractivity contribution in [1.29, 1.82) is 0 Å². The van der Waals surface area contributed by atoms with Crippen molar-refractivity contribution in [2.24, 2.45) is 7.05 Å². The van der Waals surface area contributed by atoms with Crippen LogP contribution in [0.15, 0.2) is 59.4 Å². The number of aliphatic hydroxyl groups is 1. The van der Waals surface area contributed by atoms with E-state index in [9.17, 15) is 14.7 Å². The third-order valence-corrected chi connectivity index (χ3v) is 8.54. The van der Waals surface area contributed by atoms with Gasteiger partial charge in [0.1, 0.15) is 5.56 Å². The topological polar surface area (TPSA) is 128 Å². The average Bonchev–Trinajstić information content (AvgIpc) is 3.03. The highest BCUT2D eigenvalue weighted by Gasteiger charge is 2.23. The molecule has 0 radical (unpaired) electrons. The number of amides is 1. The lowest BCUT2D eigenvalue weighted by atomic mass is 9.92.